The van der Waals surface area contributed by atoms with Crippen LogP contribution >= 0.6 is 0 Å². The highest BCUT2D eigenvalue weighted by Gasteiger charge is 2.15. The smallest absolute Gasteiger partial charge is 0.251 e. The summed E-state index contributed by atoms with van der Waals surface area (Å²) in [6.45, 7) is 6.04. The largest absolute Gasteiger partial charge is 0.346 e. The average molecular weight is 360 g/mol. The van der Waals surface area contributed by atoms with Crippen LogP contribution in [0.15, 0.2) is 42.5 Å². The Bertz CT molecular complexity index is 874. The molecule has 25 heavy (non-hydrogen) atoms. The first-order valence-corrected chi connectivity index (χ1v) is 9.86. The fourth-order valence-corrected chi connectivity index (χ4v) is 2.92. The van der Waals surface area contributed by atoms with Gasteiger partial charge in [-0.1, -0.05) is 18.2 Å². The van der Waals surface area contributed by atoms with Gasteiger partial charge in [0.05, 0.1) is 18.0 Å². The molecule has 1 amide bonds. The van der Waals surface area contributed by atoms with E-state index in [4.69, 9.17) is 0 Å². The fourth-order valence-electron chi connectivity index (χ4n) is 2.41. The van der Waals surface area contributed by atoms with Crippen molar-refractivity contribution in [3.05, 3.63) is 64.7 Å². The summed E-state index contributed by atoms with van der Waals surface area (Å²) in [6, 6.07) is 12.5. The summed E-state index contributed by atoms with van der Waals surface area (Å²) in [5, 5.41) is 2.97. The van der Waals surface area contributed by atoms with Crippen LogP contribution in [0.25, 0.3) is 0 Å². The maximum absolute atomic E-state index is 12.4. The monoisotopic (exact) mass is 360 g/mol. The number of anilines is 1. The van der Waals surface area contributed by atoms with Crippen molar-refractivity contribution in [2.45, 2.75) is 26.8 Å². The third kappa shape index (κ3) is 4.60. The van der Waals surface area contributed by atoms with Crippen LogP contribution in [-0.2, 0) is 10.0 Å². The number of nitrogens with one attached hydrogen (secondary N) is 1. The SMILES string of the molecule is Cc1ccc([C@H](C)NC(=O)c2ccc(N(C)S(C)(=O)=O)cc2)cc1C. The number of sulfonamides is 1. The van der Waals surface area contributed by atoms with E-state index >= 15 is 0 Å². The summed E-state index contributed by atoms with van der Waals surface area (Å²) in [5.41, 5.74) is 4.45. The first-order valence-electron chi connectivity index (χ1n) is 8.01. The third-order valence-electron chi connectivity index (χ3n) is 4.37. The predicted molar refractivity (Wildman–Crippen MR) is 101 cm³/mol. The van der Waals surface area contributed by atoms with Gasteiger partial charge in [-0.05, 0) is 61.7 Å². The molecule has 0 aliphatic carbocycles. The highest BCUT2D eigenvalue weighted by atomic mass is 32.2. The van der Waals surface area contributed by atoms with Gasteiger partial charge in [0, 0.05) is 12.6 Å². The van der Waals surface area contributed by atoms with Crippen molar-refractivity contribution in [3.63, 3.8) is 0 Å². The van der Waals surface area contributed by atoms with Crippen molar-refractivity contribution in [2.75, 3.05) is 17.6 Å². The molecule has 1 atom stereocenters. The van der Waals surface area contributed by atoms with Gasteiger partial charge in [-0.3, -0.25) is 9.10 Å². The molecule has 0 saturated carbocycles. The molecule has 2 rings (SSSR count). The van der Waals surface area contributed by atoms with E-state index in [1.807, 2.05) is 26.0 Å². The lowest BCUT2D eigenvalue weighted by atomic mass is 10.0. The van der Waals surface area contributed by atoms with E-state index in [0.717, 1.165) is 11.8 Å². The van der Waals surface area contributed by atoms with E-state index in [0.29, 0.717) is 11.3 Å². The number of hydrogen-bond donors (Lipinski definition) is 1. The zero-order chi connectivity index (χ0) is 18.8. The summed E-state index contributed by atoms with van der Waals surface area (Å²) in [6.07, 6.45) is 1.14. The number of aryl methyl sites for hydroxylation is 2. The maximum Gasteiger partial charge on any atom is 0.251 e. The van der Waals surface area contributed by atoms with Crippen LogP contribution < -0.4 is 9.62 Å². The van der Waals surface area contributed by atoms with E-state index < -0.39 is 10.0 Å². The molecule has 0 saturated heterocycles. The molecular formula is C19H24N2O3S. The molecule has 2 aromatic rings. The Labute approximate surface area is 149 Å². The van der Waals surface area contributed by atoms with Crippen LogP contribution in [0.4, 0.5) is 5.69 Å². The number of carbonyl (C=O) groups is 1. The molecule has 0 aliphatic rings. The van der Waals surface area contributed by atoms with Gasteiger partial charge in [0.2, 0.25) is 10.0 Å². The first kappa shape index (κ1) is 19.0. The first-order chi connectivity index (χ1) is 11.6. The zero-order valence-corrected chi connectivity index (χ0v) is 16.0. The molecule has 0 aliphatic heterocycles. The zero-order valence-electron chi connectivity index (χ0n) is 15.2. The van der Waals surface area contributed by atoms with Crippen LogP contribution in [0, 0.1) is 13.8 Å². The molecule has 1 N–H and O–H groups in total. The van der Waals surface area contributed by atoms with Gasteiger partial charge < -0.3 is 5.32 Å². The van der Waals surface area contributed by atoms with E-state index in [9.17, 15) is 13.2 Å². The number of hydrogen-bond acceptors (Lipinski definition) is 3. The van der Waals surface area contributed by atoms with E-state index in [1.54, 1.807) is 24.3 Å². The number of nitrogens with zero attached hydrogens (tertiary/aromatic N) is 1. The van der Waals surface area contributed by atoms with Gasteiger partial charge in [0.25, 0.3) is 5.91 Å². The molecule has 0 unspecified atom stereocenters. The lowest BCUT2D eigenvalue weighted by Gasteiger charge is -2.18. The Morgan fingerprint density at radius 2 is 1.64 bits per heavy atom. The second-order valence-electron chi connectivity index (χ2n) is 6.32. The van der Waals surface area contributed by atoms with Crippen LogP contribution in [-0.4, -0.2) is 27.6 Å². The Balaban J connectivity index is 2.11. The van der Waals surface area contributed by atoms with Crippen molar-refractivity contribution in [3.8, 4) is 0 Å². The van der Waals surface area contributed by atoms with Crippen molar-refractivity contribution >= 4 is 21.6 Å². The van der Waals surface area contributed by atoms with Crippen molar-refractivity contribution in [1.82, 2.24) is 5.32 Å². The molecule has 0 radical (unpaired) electrons. The molecule has 0 bridgehead atoms. The standard InChI is InChI=1S/C19H24N2O3S/c1-13-6-7-17(12-14(13)2)15(3)20-19(22)16-8-10-18(11-9-16)21(4)25(5,23)24/h6-12,15H,1-5H3,(H,20,22)/t15-/m0/s1. The van der Waals surface area contributed by atoms with E-state index in [1.165, 1.54) is 22.5 Å². The van der Waals surface area contributed by atoms with Gasteiger partial charge in [-0.25, -0.2) is 8.42 Å². The Morgan fingerprint density at radius 1 is 1.04 bits per heavy atom. The van der Waals surface area contributed by atoms with Crippen LogP contribution in [0.3, 0.4) is 0 Å². The number of benzene rings is 2. The quantitative estimate of drug-likeness (QED) is 0.890. The van der Waals surface area contributed by atoms with E-state index in [2.05, 4.69) is 18.3 Å². The lowest BCUT2D eigenvalue weighted by molar-refractivity contribution is 0.0940. The van der Waals surface area contributed by atoms with Crippen molar-refractivity contribution in [1.29, 1.82) is 0 Å². The van der Waals surface area contributed by atoms with Crippen LogP contribution in [0.5, 0.6) is 0 Å². The second-order valence-corrected chi connectivity index (χ2v) is 8.33. The maximum atomic E-state index is 12.4. The average Bonchev–Trinajstić information content (AvgIpc) is 2.55. The molecule has 134 valence electrons. The van der Waals surface area contributed by atoms with Gasteiger partial charge in [-0.15, -0.1) is 0 Å². The van der Waals surface area contributed by atoms with Gasteiger partial charge in [0.1, 0.15) is 0 Å². The number of carbonyl (C=O) groups excluding carboxylic acids is 1. The number of amides is 1. The molecule has 2 aromatic carbocycles. The predicted octanol–water partition coefficient (Wildman–Crippen LogP) is 3.19. The van der Waals surface area contributed by atoms with Crippen molar-refractivity contribution in [2.24, 2.45) is 0 Å². The molecule has 0 heterocycles. The highest BCUT2D eigenvalue weighted by Crippen LogP contribution is 2.19. The fraction of sp³-hybridized carbons (Fsp3) is 0.316. The summed E-state index contributed by atoms with van der Waals surface area (Å²) >= 11 is 0. The second kappa shape index (κ2) is 7.27. The Hall–Kier alpha value is -2.34. The summed E-state index contributed by atoms with van der Waals surface area (Å²) in [7, 11) is -1.84. The molecule has 0 spiro atoms. The van der Waals surface area contributed by atoms with Gasteiger partial charge >= 0.3 is 0 Å². The van der Waals surface area contributed by atoms with Gasteiger partial charge in [-0.2, -0.15) is 0 Å². The van der Waals surface area contributed by atoms with Gasteiger partial charge in [0.15, 0.2) is 0 Å². The van der Waals surface area contributed by atoms with Crippen LogP contribution in [0.1, 0.15) is 40.0 Å². The van der Waals surface area contributed by atoms with E-state index in [-0.39, 0.29) is 11.9 Å². The summed E-state index contributed by atoms with van der Waals surface area (Å²) in [4.78, 5) is 12.4. The van der Waals surface area contributed by atoms with Crippen molar-refractivity contribution < 1.29 is 13.2 Å². The minimum absolute atomic E-state index is 0.120. The molecule has 0 aromatic heterocycles. The lowest BCUT2D eigenvalue weighted by Crippen LogP contribution is -2.27. The number of rotatable bonds is 5. The minimum atomic E-state index is -3.32. The molecule has 6 heteroatoms. The Kier molecular flexibility index (Phi) is 5.52. The molecule has 5 nitrogen and oxygen atoms in total. The van der Waals surface area contributed by atoms with Crippen LogP contribution in [0.2, 0.25) is 0 Å². The Morgan fingerprint density at radius 3 is 2.16 bits per heavy atom. The minimum Gasteiger partial charge on any atom is -0.346 e. The topological polar surface area (TPSA) is 66.5 Å². The highest BCUT2D eigenvalue weighted by molar-refractivity contribution is 7.92. The molecule has 0 fully saturated rings. The summed E-state index contributed by atoms with van der Waals surface area (Å²) in [5.74, 6) is -0.195. The third-order valence-corrected chi connectivity index (χ3v) is 5.57. The summed E-state index contributed by atoms with van der Waals surface area (Å²) < 4.78 is 24.3. The molecular weight excluding hydrogens is 336 g/mol. The normalized spacial score (nSPS) is 12.5.